The maximum Gasteiger partial charge on any atom is 0.420 e. The summed E-state index contributed by atoms with van der Waals surface area (Å²) in [7, 11) is 0. The first kappa shape index (κ1) is 24.1. The van der Waals surface area contributed by atoms with E-state index in [4.69, 9.17) is 4.74 Å². The molecule has 1 aliphatic heterocycles. The number of benzene rings is 1. The minimum Gasteiger partial charge on any atom is -0.391 e. The molecule has 2 N–H and O–H groups in total. The van der Waals surface area contributed by atoms with Gasteiger partial charge in [0.25, 0.3) is 17.7 Å². The smallest absolute Gasteiger partial charge is 0.391 e. The topological polar surface area (TPSA) is 118 Å². The fraction of sp³-hybridized carbons (Fsp3) is 0.240. The maximum atomic E-state index is 12.7. The highest BCUT2D eigenvalue weighted by Crippen LogP contribution is 2.24. The number of nitrogens with zero attached hydrogens (tertiary/aromatic N) is 2. The lowest BCUT2D eigenvalue weighted by atomic mass is 10.1. The number of carbonyl (C=O) groups excluding carboxylic acids is 4. The molecule has 4 amide bonds. The predicted octanol–water partition coefficient (Wildman–Crippen LogP) is 4.26. The van der Waals surface area contributed by atoms with Crippen LogP contribution in [0.15, 0.2) is 54.0 Å². The van der Waals surface area contributed by atoms with E-state index in [0.29, 0.717) is 11.1 Å². The number of likely N-dealkylation sites (tertiary alicyclic amines) is 1. The Morgan fingerprint density at radius 1 is 0.943 bits per heavy atom. The summed E-state index contributed by atoms with van der Waals surface area (Å²) in [6.45, 7) is 3.32. The zero-order valence-electron chi connectivity index (χ0n) is 19.1. The molecule has 0 atom stereocenters. The number of hydrogen-bond acceptors (Lipinski definition) is 7. The monoisotopic (exact) mass is 492 g/mol. The van der Waals surface area contributed by atoms with E-state index in [9.17, 15) is 19.2 Å². The van der Waals surface area contributed by atoms with Crippen molar-refractivity contribution >= 4 is 40.2 Å². The first-order valence-electron chi connectivity index (χ1n) is 11.1. The molecule has 9 nitrogen and oxygen atoms in total. The summed E-state index contributed by atoms with van der Waals surface area (Å²) in [5.41, 5.74) is 1.83. The highest BCUT2D eigenvalue weighted by molar-refractivity contribution is 7.14. The molecule has 1 fully saturated rings. The highest BCUT2D eigenvalue weighted by Gasteiger charge is 2.21. The number of aryl methyl sites for hydroxylation is 1. The normalized spacial score (nSPS) is 13.1. The molecular weight excluding hydrogens is 468 g/mol. The lowest BCUT2D eigenvalue weighted by Gasteiger charge is -2.26. The molecule has 0 bridgehead atoms. The Hall–Kier alpha value is -4.05. The van der Waals surface area contributed by atoms with Crippen molar-refractivity contribution in [2.45, 2.75) is 26.2 Å². The summed E-state index contributed by atoms with van der Waals surface area (Å²) in [6.07, 6.45) is 3.65. The van der Waals surface area contributed by atoms with Gasteiger partial charge in [-0.3, -0.25) is 19.7 Å². The Balaban J connectivity index is 1.36. The summed E-state index contributed by atoms with van der Waals surface area (Å²) < 4.78 is 5.03. The Morgan fingerprint density at radius 3 is 2.37 bits per heavy atom. The van der Waals surface area contributed by atoms with Crippen LogP contribution >= 0.6 is 11.3 Å². The predicted molar refractivity (Wildman–Crippen MR) is 131 cm³/mol. The third-order valence-electron chi connectivity index (χ3n) is 5.48. The Labute approximate surface area is 206 Å². The van der Waals surface area contributed by atoms with E-state index in [1.165, 1.54) is 12.3 Å². The van der Waals surface area contributed by atoms with Gasteiger partial charge in [0, 0.05) is 36.5 Å². The number of imide groups is 1. The Kier molecular flexibility index (Phi) is 7.51. The molecule has 10 heteroatoms. The number of rotatable bonds is 5. The van der Waals surface area contributed by atoms with Crippen molar-refractivity contribution in [1.29, 1.82) is 0 Å². The molecule has 0 aliphatic carbocycles. The first-order valence-corrected chi connectivity index (χ1v) is 12.0. The molecule has 0 spiro atoms. The van der Waals surface area contributed by atoms with E-state index >= 15 is 0 Å². The van der Waals surface area contributed by atoms with Gasteiger partial charge in [-0.2, -0.15) is 0 Å². The van der Waals surface area contributed by atoms with Crippen LogP contribution in [0.25, 0.3) is 0 Å². The number of anilines is 1. The SMILES string of the molecule is Cc1ccnc(OC(=O)NC(=O)c2ccsc2NC(=O)c2ccc(C(=O)N3CCCCC3)cc2)c1. The summed E-state index contributed by atoms with van der Waals surface area (Å²) in [5.74, 6) is -1.13. The van der Waals surface area contributed by atoms with Crippen LogP contribution in [-0.2, 0) is 0 Å². The van der Waals surface area contributed by atoms with E-state index in [1.807, 2.05) is 11.8 Å². The molecule has 0 radical (unpaired) electrons. The zero-order valence-corrected chi connectivity index (χ0v) is 19.9. The fourth-order valence-corrected chi connectivity index (χ4v) is 4.43. The number of thiophene rings is 1. The van der Waals surface area contributed by atoms with Crippen molar-refractivity contribution in [1.82, 2.24) is 15.2 Å². The number of hydrogen-bond donors (Lipinski definition) is 2. The Bertz CT molecular complexity index is 1250. The van der Waals surface area contributed by atoms with Crippen LogP contribution < -0.4 is 15.4 Å². The minimum atomic E-state index is -0.981. The van der Waals surface area contributed by atoms with E-state index < -0.39 is 17.9 Å². The standard InChI is InChI=1S/C25H24N4O5S/c1-16-9-11-26-20(15-16)34-25(33)28-22(31)19-10-14-35-23(19)27-21(30)17-5-7-18(8-6-17)24(32)29-12-3-2-4-13-29/h5-11,14-15H,2-4,12-13H2,1H3,(H,27,30)(H,28,31,33). The fourth-order valence-electron chi connectivity index (χ4n) is 3.65. The number of carbonyl (C=O) groups is 4. The van der Waals surface area contributed by atoms with Crippen molar-refractivity contribution in [2.24, 2.45) is 0 Å². The largest absolute Gasteiger partial charge is 0.420 e. The third kappa shape index (κ3) is 6.10. The number of pyridine rings is 1. The van der Waals surface area contributed by atoms with Crippen LogP contribution in [0.2, 0.25) is 0 Å². The molecule has 1 aliphatic rings. The van der Waals surface area contributed by atoms with Crippen LogP contribution in [0.5, 0.6) is 5.88 Å². The number of nitrogens with one attached hydrogen (secondary N) is 2. The van der Waals surface area contributed by atoms with Crippen LogP contribution in [0.3, 0.4) is 0 Å². The van der Waals surface area contributed by atoms with Crippen molar-refractivity contribution in [2.75, 3.05) is 18.4 Å². The molecule has 2 aromatic heterocycles. The average molecular weight is 493 g/mol. The van der Waals surface area contributed by atoms with E-state index in [-0.39, 0.29) is 22.4 Å². The van der Waals surface area contributed by atoms with Crippen LogP contribution in [-0.4, -0.2) is 46.8 Å². The summed E-state index contributed by atoms with van der Waals surface area (Å²) in [6, 6.07) is 11.2. The van der Waals surface area contributed by atoms with Crippen molar-refractivity contribution in [3.8, 4) is 5.88 Å². The van der Waals surface area contributed by atoms with Crippen LogP contribution in [0.1, 0.15) is 55.9 Å². The summed E-state index contributed by atoms with van der Waals surface area (Å²) in [4.78, 5) is 55.7. The highest BCUT2D eigenvalue weighted by atomic mass is 32.1. The number of amides is 4. The molecule has 180 valence electrons. The van der Waals surface area contributed by atoms with E-state index in [1.54, 1.807) is 41.8 Å². The summed E-state index contributed by atoms with van der Waals surface area (Å²) in [5, 5.41) is 6.72. The second kappa shape index (κ2) is 10.9. The third-order valence-corrected chi connectivity index (χ3v) is 6.31. The van der Waals surface area contributed by atoms with Gasteiger partial charge in [-0.15, -0.1) is 11.3 Å². The van der Waals surface area contributed by atoms with Gasteiger partial charge < -0.3 is 15.0 Å². The Morgan fingerprint density at radius 2 is 1.66 bits per heavy atom. The molecule has 0 saturated carbocycles. The molecule has 1 saturated heterocycles. The quantitative estimate of drug-likeness (QED) is 0.550. The van der Waals surface area contributed by atoms with Crippen LogP contribution in [0, 0.1) is 6.92 Å². The first-order chi connectivity index (χ1) is 16.9. The lowest BCUT2D eigenvalue weighted by molar-refractivity contribution is 0.0723. The average Bonchev–Trinajstić information content (AvgIpc) is 3.32. The van der Waals surface area contributed by atoms with Gasteiger partial charge in [-0.05, 0) is 73.5 Å². The maximum absolute atomic E-state index is 12.7. The molecule has 35 heavy (non-hydrogen) atoms. The van der Waals surface area contributed by atoms with E-state index in [2.05, 4.69) is 15.6 Å². The van der Waals surface area contributed by atoms with E-state index in [0.717, 1.165) is 49.3 Å². The van der Waals surface area contributed by atoms with Gasteiger partial charge in [-0.25, -0.2) is 9.78 Å². The number of aromatic nitrogens is 1. The molecule has 4 rings (SSSR count). The van der Waals surface area contributed by atoms with Crippen LogP contribution in [0.4, 0.5) is 9.80 Å². The molecule has 3 heterocycles. The van der Waals surface area contributed by atoms with Crippen molar-refractivity contribution in [3.05, 3.63) is 76.3 Å². The van der Waals surface area contributed by atoms with Crippen molar-refractivity contribution in [3.63, 3.8) is 0 Å². The zero-order chi connectivity index (χ0) is 24.8. The number of piperidine rings is 1. The molecule has 3 aromatic rings. The minimum absolute atomic E-state index is 0.0402. The lowest BCUT2D eigenvalue weighted by Crippen LogP contribution is -2.35. The van der Waals surface area contributed by atoms with Gasteiger partial charge in [0.05, 0.1) is 5.56 Å². The summed E-state index contributed by atoms with van der Waals surface area (Å²) >= 11 is 1.14. The van der Waals surface area contributed by atoms with Gasteiger partial charge in [-0.1, -0.05) is 0 Å². The van der Waals surface area contributed by atoms with Gasteiger partial charge in [0.2, 0.25) is 5.88 Å². The molecule has 1 aromatic carbocycles. The number of ether oxygens (including phenoxy) is 1. The molecular formula is C25H24N4O5S. The van der Waals surface area contributed by atoms with Crippen molar-refractivity contribution < 1.29 is 23.9 Å². The molecule has 0 unspecified atom stereocenters. The van der Waals surface area contributed by atoms with Gasteiger partial charge >= 0.3 is 6.09 Å². The van der Waals surface area contributed by atoms with Gasteiger partial charge in [0.1, 0.15) is 5.00 Å². The second-order valence-corrected chi connectivity index (χ2v) is 8.98. The van der Waals surface area contributed by atoms with Gasteiger partial charge in [0.15, 0.2) is 0 Å². The second-order valence-electron chi connectivity index (χ2n) is 8.06.